The molecule has 0 bridgehead atoms. The van der Waals surface area contributed by atoms with Gasteiger partial charge < -0.3 is 20.9 Å². The van der Waals surface area contributed by atoms with Gasteiger partial charge in [0.15, 0.2) is 0 Å². The van der Waals surface area contributed by atoms with Gasteiger partial charge in [0.05, 0.1) is 16.4 Å². The maximum Gasteiger partial charge on any atom is 0.400 e. The van der Waals surface area contributed by atoms with Crippen molar-refractivity contribution in [1.29, 1.82) is 0 Å². The van der Waals surface area contributed by atoms with E-state index >= 15 is 4.39 Å². The molecule has 44 heavy (non-hydrogen) atoms. The van der Waals surface area contributed by atoms with E-state index in [9.17, 15) is 22.2 Å². The van der Waals surface area contributed by atoms with Crippen molar-refractivity contribution >= 4 is 39.2 Å². The van der Waals surface area contributed by atoms with Crippen molar-refractivity contribution in [2.24, 2.45) is 0 Å². The minimum absolute atomic E-state index is 0.0116. The standard InChI is InChI=1S/C30H33F4N7O2S/c1-40(2)12-13-41-27-19(14-25(28(41)42)24-10-9-23(15-26(24)31)44(43)18-30(32,33)34)16-36-29(39-27)38-21-7-5-20(6-8-21)37-22-4-3-11-35-17-22/h5-10,14-16,22,35,37H,3-4,11-13,17-18H2,1-2H3,(H,36,38,39). The molecule has 0 amide bonds. The highest BCUT2D eigenvalue weighted by atomic mass is 32.2. The number of likely N-dealkylation sites (N-methyl/N-ethyl adjacent to an activating group) is 1. The second-order valence-electron chi connectivity index (χ2n) is 10.9. The van der Waals surface area contributed by atoms with Crippen LogP contribution >= 0.6 is 0 Å². The first-order valence-electron chi connectivity index (χ1n) is 14.1. The predicted octanol–water partition coefficient (Wildman–Crippen LogP) is 4.74. The summed E-state index contributed by atoms with van der Waals surface area (Å²) in [5.74, 6) is -2.28. The van der Waals surface area contributed by atoms with Crippen molar-refractivity contribution < 1.29 is 21.8 Å². The summed E-state index contributed by atoms with van der Waals surface area (Å²) in [6.07, 6.45) is -0.905. The van der Waals surface area contributed by atoms with Gasteiger partial charge in [-0.3, -0.25) is 13.6 Å². The molecule has 2 aromatic heterocycles. The van der Waals surface area contributed by atoms with Gasteiger partial charge in [-0.05, 0) is 75.9 Å². The molecular formula is C30H33F4N7O2S. The summed E-state index contributed by atoms with van der Waals surface area (Å²) >= 11 is 0. The Morgan fingerprint density at radius 3 is 2.50 bits per heavy atom. The van der Waals surface area contributed by atoms with Gasteiger partial charge >= 0.3 is 6.18 Å². The van der Waals surface area contributed by atoms with Gasteiger partial charge in [-0.2, -0.15) is 18.2 Å². The molecule has 0 saturated carbocycles. The van der Waals surface area contributed by atoms with Crippen LogP contribution < -0.4 is 21.5 Å². The number of piperidine rings is 1. The van der Waals surface area contributed by atoms with Crippen molar-refractivity contribution in [3.8, 4) is 11.1 Å². The highest BCUT2D eigenvalue weighted by molar-refractivity contribution is 7.85. The van der Waals surface area contributed by atoms with E-state index in [1.54, 1.807) is 0 Å². The van der Waals surface area contributed by atoms with Gasteiger partial charge in [0, 0.05) is 59.1 Å². The number of pyridine rings is 1. The summed E-state index contributed by atoms with van der Waals surface area (Å²) in [6, 6.07) is 12.7. The minimum atomic E-state index is -4.67. The zero-order valence-electron chi connectivity index (χ0n) is 24.2. The summed E-state index contributed by atoms with van der Waals surface area (Å²) in [5.41, 5.74) is 1.43. The third-order valence-corrected chi connectivity index (χ3v) is 8.56. The summed E-state index contributed by atoms with van der Waals surface area (Å²) < 4.78 is 66.8. The van der Waals surface area contributed by atoms with Crippen LogP contribution in [-0.4, -0.2) is 75.3 Å². The second kappa shape index (κ2) is 13.4. The average Bonchev–Trinajstić information content (AvgIpc) is 2.97. The van der Waals surface area contributed by atoms with Crippen molar-refractivity contribution in [3.63, 3.8) is 0 Å². The van der Waals surface area contributed by atoms with Gasteiger partial charge in [0.25, 0.3) is 5.56 Å². The fraction of sp³-hybridized carbons (Fsp3) is 0.367. The number of fused-ring (bicyclic) bond motifs is 1. The monoisotopic (exact) mass is 631 g/mol. The first-order chi connectivity index (χ1) is 21.0. The molecule has 234 valence electrons. The molecule has 1 aliphatic heterocycles. The number of aromatic nitrogens is 3. The van der Waals surface area contributed by atoms with Crippen molar-refractivity contribution in [1.82, 2.24) is 24.8 Å². The van der Waals surface area contributed by atoms with Crippen molar-refractivity contribution in [2.45, 2.75) is 36.5 Å². The Labute approximate surface area is 254 Å². The molecule has 5 rings (SSSR count). The number of nitrogens with one attached hydrogen (secondary N) is 3. The van der Waals surface area contributed by atoms with Crippen LogP contribution in [0.15, 0.2) is 64.4 Å². The summed E-state index contributed by atoms with van der Waals surface area (Å²) in [6.45, 7) is 2.67. The maximum absolute atomic E-state index is 15.2. The van der Waals surface area contributed by atoms with Crippen molar-refractivity contribution in [2.75, 3.05) is 50.1 Å². The van der Waals surface area contributed by atoms with E-state index < -0.39 is 34.1 Å². The van der Waals surface area contributed by atoms with Gasteiger partial charge in [0.2, 0.25) is 5.95 Å². The summed E-state index contributed by atoms with van der Waals surface area (Å²) in [5, 5.41) is 10.5. The normalized spacial score (nSPS) is 16.3. The fourth-order valence-corrected chi connectivity index (χ4v) is 5.92. The quantitative estimate of drug-likeness (QED) is 0.216. The number of rotatable bonds is 10. The Morgan fingerprint density at radius 2 is 1.84 bits per heavy atom. The van der Waals surface area contributed by atoms with E-state index in [4.69, 9.17) is 0 Å². The number of benzene rings is 2. The molecule has 1 fully saturated rings. The van der Waals surface area contributed by atoms with Crippen molar-refractivity contribution in [3.05, 3.63) is 70.9 Å². The third kappa shape index (κ3) is 7.79. The predicted molar refractivity (Wildman–Crippen MR) is 164 cm³/mol. The van der Waals surface area contributed by atoms with Crippen LogP contribution in [0.2, 0.25) is 0 Å². The lowest BCUT2D eigenvalue weighted by Crippen LogP contribution is -2.38. The lowest BCUT2D eigenvalue weighted by molar-refractivity contribution is -0.105. The van der Waals surface area contributed by atoms with Crippen LogP contribution in [0.5, 0.6) is 0 Å². The van der Waals surface area contributed by atoms with Gasteiger partial charge in [-0.15, -0.1) is 0 Å². The Balaban J connectivity index is 1.44. The lowest BCUT2D eigenvalue weighted by atomic mass is 10.1. The zero-order valence-corrected chi connectivity index (χ0v) is 25.1. The SMILES string of the molecule is CN(C)CCn1c(=O)c(-c2ccc(S(=O)CC(F)(F)F)cc2F)cc2cnc(Nc3ccc(NC4CCCNC4)cc3)nc21. The molecule has 2 atom stereocenters. The van der Waals surface area contributed by atoms with Crippen LogP contribution in [-0.2, 0) is 17.3 Å². The number of hydrogen-bond acceptors (Lipinski definition) is 8. The Morgan fingerprint density at radius 1 is 1.09 bits per heavy atom. The molecule has 3 heterocycles. The maximum atomic E-state index is 15.2. The molecule has 9 nitrogen and oxygen atoms in total. The molecular weight excluding hydrogens is 598 g/mol. The Hall–Kier alpha value is -3.88. The van der Waals surface area contributed by atoms with E-state index in [2.05, 4.69) is 25.9 Å². The molecule has 0 spiro atoms. The number of hydrogen-bond donors (Lipinski definition) is 3. The highest BCUT2D eigenvalue weighted by Gasteiger charge is 2.31. The number of nitrogens with zero attached hydrogens (tertiary/aromatic N) is 4. The molecule has 2 aromatic carbocycles. The minimum Gasteiger partial charge on any atom is -0.381 e. The lowest BCUT2D eigenvalue weighted by Gasteiger charge is -2.24. The van der Waals surface area contributed by atoms with Gasteiger partial charge in [-0.1, -0.05) is 6.07 Å². The molecule has 14 heteroatoms. The molecule has 0 radical (unpaired) electrons. The van der Waals surface area contributed by atoms with Crippen LogP contribution in [0.3, 0.4) is 0 Å². The first kappa shape index (κ1) is 31.5. The van der Waals surface area contributed by atoms with E-state index in [1.807, 2.05) is 43.3 Å². The number of halogens is 4. The summed E-state index contributed by atoms with van der Waals surface area (Å²) in [7, 11) is 1.22. The molecule has 4 aromatic rings. The van der Waals surface area contributed by atoms with Crippen LogP contribution in [0.1, 0.15) is 12.8 Å². The fourth-order valence-electron chi connectivity index (χ4n) is 5.00. The van der Waals surface area contributed by atoms with E-state index in [-0.39, 0.29) is 28.5 Å². The highest BCUT2D eigenvalue weighted by Crippen LogP contribution is 2.27. The number of alkyl halides is 3. The first-order valence-corrected chi connectivity index (χ1v) is 15.4. The van der Waals surface area contributed by atoms with Crippen LogP contribution in [0.4, 0.5) is 34.9 Å². The smallest absolute Gasteiger partial charge is 0.381 e. The third-order valence-electron chi connectivity index (χ3n) is 7.19. The molecule has 1 saturated heterocycles. The van der Waals surface area contributed by atoms with Gasteiger partial charge in [0.1, 0.15) is 17.2 Å². The molecule has 3 N–H and O–H groups in total. The topological polar surface area (TPSA) is 104 Å². The number of anilines is 3. The summed E-state index contributed by atoms with van der Waals surface area (Å²) in [4.78, 5) is 24.3. The van der Waals surface area contributed by atoms with Crippen LogP contribution in [0.25, 0.3) is 22.2 Å². The average molecular weight is 632 g/mol. The Kier molecular flexibility index (Phi) is 9.61. The molecule has 0 aliphatic carbocycles. The van der Waals surface area contributed by atoms with Crippen LogP contribution in [0, 0.1) is 5.82 Å². The van der Waals surface area contributed by atoms with Gasteiger partial charge in [-0.25, -0.2) is 9.37 Å². The van der Waals surface area contributed by atoms with E-state index in [1.165, 1.54) is 22.9 Å². The zero-order chi connectivity index (χ0) is 31.4. The molecule has 2 unspecified atom stereocenters. The van der Waals surface area contributed by atoms with E-state index in [0.717, 1.165) is 49.4 Å². The largest absolute Gasteiger partial charge is 0.400 e. The second-order valence-corrected chi connectivity index (χ2v) is 12.4. The van der Waals surface area contributed by atoms with E-state index in [0.29, 0.717) is 23.6 Å². The Bertz CT molecular complexity index is 1710. The molecule has 1 aliphatic rings.